The molecular formula is C31H23N3O4. The molecule has 2 amide bonds. The van der Waals surface area contributed by atoms with Crippen LogP contribution in [0.5, 0.6) is 5.75 Å². The van der Waals surface area contributed by atoms with Crippen LogP contribution < -0.4 is 9.64 Å². The van der Waals surface area contributed by atoms with E-state index in [1.165, 1.54) is 4.90 Å². The van der Waals surface area contributed by atoms with Crippen LogP contribution in [-0.4, -0.2) is 42.0 Å². The Hall–Kier alpha value is -4.78. The Morgan fingerprint density at radius 2 is 1.53 bits per heavy atom. The molecule has 7 heteroatoms. The van der Waals surface area contributed by atoms with Gasteiger partial charge in [0.15, 0.2) is 5.78 Å². The summed E-state index contributed by atoms with van der Waals surface area (Å²) in [5.74, 6) is -1.89. The summed E-state index contributed by atoms with van der Waals surface area (Å²) in [6, 6.07) is 26.5. The molecule has 2 saturated heterocycles. The molecule has 4 atom stereocenters. The number of methoxy groups -OCH3 is 1. The fourth-order valence-electron chi connectivity index (χ4n) is 6.16. The average molecular weight is 502 g/mol. The molecule has 0 aliphatic carbocycles. The number of Topliss-reactive ketones (excluding diaryl/α,β-unsaturated/α-hetero) is 1. The van der Waals surface area contributed by atoms with Gasteiger partial charge in [-0.05, 0) is 58.3 Å². The molecule has 3 aliphatic rings. The first-order chi connectivity index (χ1) is 18.6. The second kappa shape index (κ2) is 8.38. The molecule has 4 aromatic rings. The summed E-state index contributed by atoms with van der Waals surface area (Å²) in [4.78, 5) is 43.4. The van der Waals surface area contributed by atoms with E-state index in [0.717, 1.165) is 21.9 Å². The highest BCUT2D eigenvalue weighted by Crippen LogP contribution is 2.53. The minimum absolute atomic E-state index is 0.247. The van der Waals surface area contributed by atoms with Gasteiger partial charge >= 0.3 is 0 Å². The minimum Gasteiger partial charge on any atom is -0.497 e. The monoisotopic (exact) mass is 501 g/mol. The number of ketones is 1. The Morgan fingerprint density at radius 3 is 2.32 bits per heavy atom. The normalized spacial score (nSPS) is 23.4. The first-order valence-electron chi connectivity index (χ1n) is 12.5. The molecular weight excluding hydrogens is 478 g/mol. The molecule has 7 nitrogen and oxygen atoms in total. The molecule has 4 aromatic carbocycles. The highest BCUT2D eigenvalue weighted by atomic mass is 16.5. The maximum Gasteiger partial charge on any atom is 0.240 e. The van der Waals surface area contributed by atoms with Gasteiger partial charge in [0.25, 0.3) is 0 Å². The van der Waals surface area contributed by atoms with E-state index in [1.807, 2.05) is 60.7 Å². The van der Waals surface area contributed by atoms with Crippen LogP contribution in [0.1, 0.15) is 27.5 Å². The maximum atomic E-state index is 14.1. The van der Waals surface area contributed by atoms with Gasteiger partial charge in [-0.25, -0.2) is 4.90 Å². The van der Waals surface area contributed by atoms with Crippen molar-refractivity contribution in [3.8, 4) is 5.75 Å². The van der Waals surface area contributed by atoms with Crippen LogP contribution in [0.25, 0.3) is 10.8 Å². The standard InChI is InChI=1S/C31H23N3O4/c1-38-23-14-11-19(12-15-23)29(35)28-26-25(27-24-9-5-4-8-21(24)17-32-34(27)28)30(36)33(31(26)37)22-13-10-18-6-2-3-7-20(18)16-22/h2-17,25-28H,1H3/t25-,26+,27+,28-/m1/s1. The zero-order valence-electron chi connectivity index (χ0n) is 20.5. The predicted octanol–water partition coefficient (Wildman–Crippen LogP) is 4.61. The van der Waals surface area contributed by atoms with Crippen molar-refractivity contribution in [2.75, 3.05) is 12.0 Å². The quantitative estimate of drug-likeness (QED) is 0.301. The van der Waals surface area contributed by atoms with E-state index in [1.54, 1.807) is 48.7 Å². The largest absolute Gasteiger partial charge is 0.497 e. The van der Waals surface area contributed by atoms with E-state index in [0.29, 0.717) is 17.0 Å². The molecule has 7 rings (SSSR count). The van der Waals surface area contributed by atoms with Crippen molar-refractivity contribution in [2.45, 2.75) is 12.1 Å². The lowest BCUT2D eigenvalue weighted by molar-refractivity contribution is -0.124. The van der Waals surface area contributed by atoms with Crippen LogP contribution in [-0.2, 0) is 9.59 Å². The Kier molecular flexibility index (Phi) is 4.94. The Labute approximate surface area is 218 Å². The second-order valence-corrected chi connectivity index (χ2v) is 9.83. The van der Waals surface area contributed by atoms with E-state index < -0.39 is 23.9 Å². The van der Waals surface area contributed by atoms with Crippen molar-refractivity contribution in [3.63, 3.8) is 0 Å². The van der Waals surface area contributed by atoms with Gasteiger partial charge in [-0.1, -0.05) is 54.6 Å². The third-order valence-electron chi connectivity index (χ3n) is 7.93. The Balaban J connectivity index is 1.35. The highest BCUT2D eigenvalue weighted by Gasteiger charge is 2.65. The zero-order chi connectivity index (χ0) is 26.0. The topological polar surface area (TPSA) is 79.3 Å². The number of carbonyl (C=O) groups excluding carboxylic acids is 3. The van der Waals surface area contributed by atoms with Gasteiger partial charge < -0.3 is 4.74 Å². The predicted molar refractivity (Wildman–Crippen MR) is 143 cm³/mol. The summed E-state index contributed by atoms with van der Waals surface area (Å²) in [7, 11) is 1.56. The number of nitrogens with zero attached hydrogens (tertiary/aromatic N) is 3. The fourth-order valence-corrected chi connectivity index (χ4v) is 6.16. The molecule has 0 unspecified atom stereocenters. The summed E-state index contributed by atoms with van der Waals surface area (Å²) in [5.41, 5.74) is 2.73. The van der Waals surface area contributed by atoms with E-state index >= 15 is 0 Å². The van der Waals surface area contributed by atoms with Gasteiger partial charge in [0.2, 0.25) is 11.8 Å². The van der Waals surface area contributed by atoms with Crippen LogP contribution in [0.15, 0.2) is 96.1 Å². The first kappa shape index (κ1) is 22.4. The number of anilines is 1. The second-order valence-electron chi connectivity index (χ2n) is 9.83. The number of hydrogen-bond donors (Lipinski definition) is 0. The van der Waals surface area contributed by atoms with Crippen molar-refractivity contribution < 1.29 is 19.1 Å². The van der Waals surface area contributed by atoms with E-state index in [9.17, 15) is 14.4 Å². The van der Waals surface area contributed by atoms with Gasteiger partial charge in [0, 0.05) is 5.56 Å². The summed E-state index contributed by atoms with van der Waals surface area (Å²) in [6.07, 6.45) is 1.71. The van der Waals surface area contributed by atoms with E-state index in [4.69, 9.17) is 4.74 Å². The van der Waals surface area contributed by atoms with Crippen LogP contribution in [0.2, 0.25) is 0 Å². The van der Waals surface area contributed by atoms with Crippen LogP contribution in [0.4, 0.5) is 5.69 Å². The number of hydrazone groups is 1. The molecule has 0 aromatic heterocycles. The van der Waals surface area contributed by atoms with Crippen molar-refractivity contribution in [1.29, 1.82) is 0 Å². The highest BCUT2D eigenvalue weighted by molar-refractivity contribution is 6.25. The Bertz CT molecular complexity index is 1660. The molecule has 38 heavy (non-hydrogen) atoms. The molecule has 3 aliphatic heterocycles. The van der Waals surface area contributed by atoms with Gasteiger partial charge in [0.1, 0.15) is 11.8 Å². The van der Waals surface area contributed by atoms with Crippen molar-refractivity contribution in [3.05, 3.63) is 108 Å². The molecule has 186 valence electrons. The molecule has 3 heterocycles. The van der Waals surface area contributed by atoms with Gasteiger partial charge in [-0.15, -0.1) is 0 Å². The lowest BCUT2D eigenvalue weighted by Crippen LogP contribution is -2.44. The number of imide groups is 1. The zero-order valence-corrected chi connectivity index (χ0v) is 20.5. The number of hydrogen-bond acceptors (Lipinski definition) is 6. The van der Waals surface area contributed by atoms with E-state index in [2.05, 4.69) is 5.10 Å². The van der Waals surface area contributed by atoms with E-state index in [-0.39, 0.29) is 17.6 Å². The minimum atomic E-state index is -0.912. The van der Waals surface area contributed by atoms with Crippen LogP contribution in [0.3, 0.4) is 0 Å². The summed E-state index contributed by atoms with van der Waals surface area (Å²) in [5, 5.41) is 8.25. The third-order valence-corrected chi connectivity index (χ3v) is 7.93. The smallest absolute Gasteiger partial charge is 0.240 e. The van der Waals surface area contributed by atoms with Gasteiger partial charge in [-0.3, -0.25) is 19.4 Å². The van der Waals surface area contributed by atoms with Crippen molar-refractivity contribution >= 4 is 40.3 Å². The number of fused-ring (bicyclic) bond motifs is 6. The number of benzene rings is 4. The summed E-state index contributed by atoms with van der Waals surface area (Å²) >= 11 is 0. The molecule has 0 bridgehead atoms. The number of ether oxygens (including phenoxy) is 1. The Morgan fingerprint density at radius 1 is 0.816 bits per heavy atom. The maximum absolute atomic E-state index is 14.1. The van der Waals surface area contributed by atoms with Crippen LogP contribution >= 0.6 is 0 Å². The molecule has 0 saturated carbocycles. The SMILES string of the molecule is COc1ccc(C(=O)[C@H]2[C@H]3C(=O)N(c4ccc5ccccc5c4)C(=O)[C@H]3[C@@H]3c4ccccc4C=NN23)cc1. The average Bonchev–Trinajstić information content (AvgIpc) is 3.44. The molecule has 0 radical (unpaired) electrons. The lowest BCUT2D eigenvalue weighted by atomic mass is 9.83. The van der Waals surface area contributed by atoms with Crippen LogP contribution in [0, 0.1) is 11.8 Å². The van der Waals surface area contributed by atoms with Crippen molar-refractivity contribution in [1.82, 2.24) is 5.01 Å². The summed E-state index contributed by atoms with van der Waals surface area (Å²) < 4.78 is 5.24. The van der Waals surface area contributed by atoms with Gasteiger partial charge in [0.05, 0.1) is 36.9 Å². The number of carbonyl (C=O) groups is 3. The number of amides is 2. The fraction of sp³-hybridized carbons (Fsp3) is 0.161. The number of rotatable bonds is 4. The molecule has 0 N–H and O–H groups in total. The molecule has 2 fully saturated rings. The summed E-state index contributed by atoms with van der Waals surface area (Å²) in [6.45, 7) is 0. The lowest BCUT2D eigenvalue weighted by Gasteiger charge is -2.33. The first-order valence-corrected chi connectivity index (χ1v) is 12.5. The van der Waals surface area contributed by atoms with Crippen molar-refractivity contribution in [2.24, 2.45) is 16.9 Å². The van der Waals surface area contributed by atoms with Gasteiger partial charge in [-0.2, -0.15) is 5.10 Å². The molecule has 0 spiro atoms. The third kappa shape index (κ3) is 3.14.